The average molecular weight is 340 g/mol. The van der Waals surface area contributed by atoms with Crippen molar-refractivity contribution in [3.05, 3.63) is 65.7 Å². The summed E-state index contributed by atoms with van der Waals surface area (Å²) < 4.78 is -0.585. The number of amides is 1. The highest BCUT2D eigenvalue weighted by atomic mass is 32.2. The number of benzene rings is 2. The third kappa shape index (κ3) is 3.52. The molecule has 2 aromatic carbocycles. The summed E-state index contributed by atoms with van der Waals surface area (Å²) in [5.74, 6) is -0.0873. The van der Waals surface area contributed by atoms with Crippen molar-refractivity contribution in [3.8, 4) is 0 Å². The number of para-hydroxylation sites is 1. The summed E-state index contributed by atoms with van der Waals surface area (Å²) in [7, 11) is 0. The van der Waals surface area contributed by atoms with Crippen LogP contribution in [0.3, 0.4) is 0 Å². The summed E-state index contributed by atoms with van der Waals surface area (Å²) in [6.45, 7) is 6.11. The summed E-state index contributed by atoms with van der Waals surface area (Å²) in [5.41, 5.74) is 2.92. The highest BCUT2D eigenvalue weighted by molar-refractivity contribution is 8.16. The normalized spacial score (nSPS) is 18.4. The molecule has 1 heterocycles. The van der Waals surface area contributed by atoms with Crippen molar-refractivity contribution in [1.82, 2.24) is 5.06 Å². The Bertz CT molecular complexity index is 772. The van der Waals surface area contributed by atoms with E-state index in [-0.39, 0.29) is 5.91 Å². The van der Waals surface area contributed by atoms with Crippen LogP contribution in [-0.4, -0.2) is 20.9 Å². The van der Waals surface area contributed by atoms with Crippen LogP contribution in [-0.2, 0) is 16.2 Å². The van der Waals surface area contributed by atoms with Crippen molar-refractivity contribution in [2.75, 3.05) is 0 Å². The van der Waals surface area contributed by atoms with Gasteiger partial charge in [0.2, 0.25) is 0 Å². The van der Waals surface area contributed by atoms with Gasteiger partial charge < -0.3 is 0 Å². The Morgan fingerprint density at radius 3 is 2.46 bits per heavy atom. The standard InChI is InChI=1S/C19H20N2O2S/c1-14-9-7-8-12-16(14)20-18-21(17(22)19(2,3)24-18)23-13-15-10-5-4-6-11-15/h4-12H,13H2,1-3H3. The zero-order valence-corrected chi connectivity index (χ0v) is 14.8. The first-order chi connectivity index (χ1) is 11.5. The number of aryl methyl sites for hydroxylation is 1. The molecular formula is C19H20N2O2S. The van der Waals surface area contributed by atoms with Crippen LogP contribution in [0, 0.1) is 6.92 Å². The van der Waals surface area contributed by atoms with Gasteiger partial charge in [-0.05, 0) is 38.0 Å². The van der Waals surface area contributed by atoms with Crippen LogP contribution in [0.25, 0.3) is 0 Å². The lowest BCUT2D eigenvalue weighted by Crippen LogP contribution is -2.35. The zero-order valence-electron chi connectivity index (χ0n) is 14.0. The number of aliphatic imine (C=N–C) groups is 1. The number of rotatable bonds is 4. The Balaban J connectivity index is 1.86. The molecule has 1 aliphatic rings. The van der Waals surface area contributed by atoms with Crippen LogP contribution in [0.2, 0.25) is 0 Å². The largest absolute Gasteiger partial charge is 0.270 e. The van der Waals surface area contributed by atoms with Crippen molar-refractivity contribution in [2.45, 2.75) is 32.1 Å². The van der Waals surface area contributed by atoms with E-state index in [1.54, 1.807) is 0 Å². The molecule has 0 aliphatic carbocycles. The van der Waals surface area contributed by atoms with Crippen molar-refractivity contribution in [2.24, 2.45) is 4.99 Å². The molecule has 4 nitrogen and oxygen atoms in total. The average Bonchev–Trinajstić information content (AvgIpc) is 2.78. The third-order valence-corrected chi connectivity index (χ3v) is 4.88. The van der Waals surface area contributed by atoms with E-state index in [0.29, 0.717) is 11.8 Å². The molecule has 1 amide bonds. The monoisotopic (exact) mass is 340 g/mol. The van der Waals surface area contributed by atoms with Gasteiger partial charge in [0.05, 0.1) is 10.4 Å². The molecule has 2 aromatic rings. The van der Waals surface area contributed by atoms with Gasteiger partial charge in [-0.1, -0.05) is 60.3 Å². The SMILES string of the molecule is Cc1ccccc1N=C1SC(C)(C)C(=O)N1OCc1ccccc1. The van der Waals surface area contributed by atoms with Crippen molar-refractivity contribution >= 4 is 28.5 Å². The van der Waals surface area contributed by atoms with Crippen molar-refractivity contribution in [3.63, 3.8) is 0 Å². The Morgan fingerprint density at radius 2 is 1.75 bits per heavy atom. The van der Waals surface area contributed by atoms with E-state index >= 15 is 0 Å². The van der Waals surface area contributed by atoms with Crippen LogP contribution in [0.15, 0.2) is 59.6 Å². The molecule has 1 fully saturated rings. The van der Waals surface area contributed by atoms with E-state index in [1.165, 1.54) is 16.8 Å². The number of hydroxylamine groups is 2. The van der Waals surface area contributed by atoms with Gasteiger partial charge >= 0.3 is 0 Å². The van der Waals surface area contributed by atoms with E-state index in [0.717, 1.165) is 16.8 Å². The molecule has 0 atom stereocenters. The molecule has 1 aliphatic heterocycles. The molecule has 5 heteroatoms. The van der Waals surface area contributed by atoms with Crippen LogP contribution in [0.4, 0.5) is 5.69 Å². The topological polar surface area (TPSA) is 41.9 Å². The summed E-state index contributed by atoms with van der Waals surface area (Å²) >= 11 is 1.42. The second-order valence-electron chi connectivity index (χ2n) is 6.15. The predicted molar refractivity (Wildman–Crippen MR) is 98.0 cm³/mol. The van der Waals surface area contributed by atoms with Crippen LogP contribution >= 0.6 is 11.8 Å². The van der Waals surface area contributed by atoms with E-state index < -0.39 is 4.75 Å². The number of thioether (sulfide) groups is 1. The Morgan fingerprint density at radius 1 is 1.08 bits per heavy atom. The molecule has 124 valence electrons. The number of hydrogen-bond donors (Lipinski definition) is 0. The highest BCUT2D eigenvalue weighted by Crippen LogP contribution is 2.38. The molecule has 3 rings (SSSR count). The number of carbonyl (C=O) groups is 1. The molecule has 0 unspecified atom stereocenters. The minimum atomic E-state index is -0.585. The minimum Gasteiger partial charge on any atom is -0.270 e. The molecule has 24 heavy (non-hydrogen) atoms. The molecule has 0 radical (unpaired) electrons. The summed E-state index contributed by atoms with van der Waals surface area (Å²) in [5, 5.41) is 1.92. The van der Waals surface area contributed by atoms with Gasteiger partial charge in [0.15, 0.2) is 5.17 Å². The van der Waals surface area contributed by atoms with Crippen LogP contribution < -0.4 is 0 Å². The lowest BCUT2D eigenvalue weighted by molar-refractivity contribution is -0.166. The Kier molecular flexibility index (Phi) is 4.73. The number of nitrogens with zero attached hydrogens (tertiary/aromatic N) is 2. The first kappa shape index (κ1) is 16.7. The first-order valence-corrected chi connectivity index (χ1v) is 8.64. The van der Waals surface area contributed by atoms with Gasteiger partial charge in [-0.2, -0.15) is 5.06 Å². The molecule has 0 aromatic heterocycles. The Hall–Kier alpha value is -2.11. The fourth-order valence-corrected chi connectivity index (χ4v) is 3.32. The second-order valence-corrected chi connectivity index (χ2v) is 7.74. The van der Waals surface area contributed by atoms with Gasteiger partial charge in [-0.25, -0.2) is 4.99 Å². The molecule has 1 saturated heterocycles. The second kappa shape index (κ2) is 6.79. The van der Waals surface area contributed by atoms with Gasteiger partial charge in [0, 0.05) is 0 Å². The van der Waals surface area contributed by atoms with Gasteiger partial charge in [-0.15, -0.1) is 0 Å². The summed E-state index contributed by atoms with van der Waals surface area (Å²) in [6, 6.07) is 17.6. The molecule has 0 N–H and O–H groups in total. The maximum atomic E-state index is 12.6. The molecule has 0 spiro atoms. The van der Waals surface area contributed by atoms with Gasteiger partial charge in [0.25, 0.3) is 5.91 Å². The Labute approximate surface area is 146 Å². The van der Waals surface area contributed by atoms with E-state index in [9.17, 15) is 4.79 Å². The molecular weight excluding hydrogens is 320 g/mol. The van der Waals surface area contributed by atoms with Crippen molar-refractivity contribution in [1.29, 1.82) is 0 Å². The number of carbonyl (C=O) groups excluding carboxylic acids is 1. The fraction of sp³-hybridized carbons (Fsp3) is 0.263. The van der Waals surface area contributed by atoms with Crippen LogP contribution in [0.5, 0.6) is 0 Å². The third-order valence-electron chi connectivity index (χ3n) is 3.75. The summed E-state index contributed by atoms with van der Waals surface area (Å²) in [4.78, 5) is 23.1. The van der Waals surface area contributed by atoms with Gasteiger partial charge in [-0.3, -0.25) is 9.63 Å². The smallest absolute Gasteiger partial charge is 0.268 e. The van der Waals surface area contributed by atoms with E-state index in [2.05, 4.69) is 4.99 Å². The number of hydrogen-bond acceptors (Lipinski definition) is 4. The summed E-state index contributed by atoms with van der Waals surface area (Å²) in [6.07, 6.45) is 0. The van der Waals surface area contributed by atoms with Gasteiger partial charge in [0.1, 0.15) is 6.61 Å². The number of amidine groups is 1. The maximum Gasteiger partial charge on any atom is 0.268 e. The lowest BCUT2D eigenvalue weighted by atomic mass is 10.2. The first-order valence-electron chi connectivity index (χ1n) is 7.82. The molecule has 0 saturated carbocycles. The zero-order chi connectivity index (χ0) is 17.2. The predicted octanol–water partition coefficient (Wildman–Crippen LogP) is 4.47. The highest BCUT2D eigenvalue weighted by Gasteiger charge is 2.45. The van der Waals surface area contributed by atoms with E-state index in [4.69, 9.17) is 4.84 Å². The maximum absolute atomic E-state index is 12.6. The van der Waals surface area contributed by atoms with E-state index in [1.807, 2.05) is 75.4 Å². The quantitative estimate of drug-likeness (QED) is 0.825. The van der Waals surface area contributed by atoms with Crippen LogP contribution in [0.1, 0.15) is 25.0 Å². The molecule has 0 bridgehead atoms. The minimum absolute atomic E-state index is 0.0873. The lowest BCUT2D eigenvalue weighted by Gasteiger charge is -2.17. The van der Waals surface area contributed by atoms with Crippen molar-refractivity contribution < 1.29 is 9.63 Å². The fourth-order valence-electron chi connectivity index (χ4n) is 2.33.